The fourth-order valence-corrected chi connectivity index (χ4v) is 3.19. The van der Waals surface area contributed by atoms with Gasteiger partial charge in [0.15, 0.2) is 5.13 Å². The van der Waals surface area contributed by atoms with Crippen LogP contribution in [-0.2, 0) is 0 Å². The quantitative estimate of drug-likeness (QED) is 0.781. The standard InChI is InChI=1S/C9H16N2S2/c1-5-6(2)12-8-7(3)11-9(10-4)13-8/h6H,5H2,1-4H3,(H,10,11). The lowest BCUT2D eigenvalue weighted by molar-refractivity contribution is 0.906. The molecule has 1 rings (SSSR count). The molecule has 0 aliphatic heterocycles. The minimum atomic E-state index is 0.684. The fourth-order valence-electron chi connectivity index (χ4n) is 0.865. The number of anilines is 1. The maximum absolute atomic E-state index is 4.40. The highest BCUT2D eigenvalue weighted by Gasteiger charge is 2.09. The Kier molecular flexibility index (Phi) is 4.06. The molecule has 0 radical (unpaired) electrons. The SMILES string of the molecule is CCC(C)Sc1sc(NC)nc1C. The van der Waals surface area contributed by atoms with E-state index in [1.54, 1.807) is 11.3 Å². The van der Waals surface area contributed by atoms with Crippen LogP contribution < -0.4 is 5.32 Å². The molecular formula is C9H16N2S2. The molecule has 13 heavy (non-hydrogen) atoms. The van der Waals surface area contributed by atoms with Crippen LogP contribution in [0.3, 0.4) is 0 Å². The van der Waals surface area contributed by atoms with Crippen molar-refractivity contribution < 1.29 is 0 Å². The first-order valence-electron chi connectivity index (χ1n) is 4.49. The van der Waals surface area contributed by atoms with Gasteiger partial charge in [-0.1, -0.05) is 25.2 Å². The molecule has 0 aliphatic carbocycles. The number of thioether (sulfide) groups is 1. The zero-order valence-electron chi connectivity index (χ0n) is 8.55. The Labute approximate surface area is 88.2 Å². The van der Waals surface area contributed by atoms with Gasteiger partial charge in [0.25, 0.3) is 0 Å². The molecule has 1 N–H and O–H groups in total. The van der Waals surface area contributed by atoms with Crippen molar-refractivity contribution >= 4 is 28.2 Å². The molecule has 0 bridgehead atoms. The van der Waals surface area contributed by atoms with E-state index in [0.717, 1.165) is 10.8 Å². The molecular weight excluding hydrogens is 200 g/mol. The Morgan fingerprint density at radius 2 is 2.31 bits per heavy atom. The number of hydrogen-bond acceptors (Lipinski definition) is 4. The highest BCUT2D eigenvalue weighted by atomic mass is 32.2. The molecule has 1 atom stereocenters. The summed E-state index contributed by atoms with van der Waals surface area (Å²) in [5.41, 5.74) is 1.15. The third-order valence-corrected chi connectivity index (χ3v) is 4.60. The predicted octanol–water partition coefficient (Wildman–Crippen LogP) is 3.38. The maximum Gasteiger partial charge on any atom is 0.183 e. The third kappa shape index (κ3) is 2.88. The molecule has 1 unspecified atom stereocenters. The van der Waals surface area contributed by atoms with Crippen molar-refractivity contribution in [2.75, 3.05) is 12.4 Å². The number of aromatic nitrogens is 1. The summed E-state index contributed by atoms with van der Waals surface area (Å²) in [5, 5.41) is 4.77. The molecule has 74 valence electrons. The van der Waals surface area contributed by atoms with Crippen LogP contribution in [0.1, 0.15) is 26.0 Å². The van der Waals surface area contributed by atoms with Crippen LogP contribution in [0.5, 0.6) is 0 Å². The molecule has 0 aromatic carbocycles. The molecule has 1 heterocycles. The van der Waals surface area contributed by atoms with Gasteiger partial charge in [0.05, 0.1) is 9.90 Å². The summed E-state index contributed by atoms with van der Waals surface area (Å²) in [6.07, 6.45) is 1.21. The number of nitrogens with zero attached hydrogens (tertiary/aromatic N) is 1. The average Bonchev–Trinajstić information content (AvgIpc) is 2.47. The highest BCUT2D eigenvalue weighted by molar-refractivity contribution is 8.01. The second-order valence-electron chi connectivity index (χ2n) is 2.98. The largest absolute Gasteiger partial charge is 0.365 e. The van der Waals surface area contributed by atoms with E-state index in [9.17, 15) is 0 Å². The number of hydrogen-bond donors (Lipinski definition) is 1. The van der Waals surface area contributed by atoms with Gasteiger partial charge in [-0.25, -0.2) is 4.98 Å². The van der Waals surface area contributed by atoms with E-state index in [1.807, 2.05) is 18.8 Å². The zero-order chi connectivity index (χ0) is 9.84. The third-order valence-electron chi connectivity index (χ3n) is 1.85. The zero-order valence-corrected chi connectivity index (χ0v) is 10.2. The molecule has 0 spiro atoms. The fraction of sp³-hybridized carbons (Fsp3) is 0.667. The lowest BCUT2D eigenvalue weighted by atomic mass is 10.4. The molecule has 2 nitrogen and oxygen atoms in total. The van der Waals surface area contributed by atoms with Gasteiger partial charge in [0.1, 0.15) is 0 Å². The summed E-state index contributed by atoms with van der Waals surface area (Å²) in [5.74, 6) is 0. The van der Waals surface area contributed by atoms with Crippen molar-refractivity contribution in [1.29, 1.82) is 0 Å². The lowest BCUT2D eigenvalue weighted by Crippen LogP contribution is -1.91. The first-order chi connectivity index (χ1) is 6.17. The van der Waals surface area contributed by atoms with E-state index < -0.39 is 0 Å². The van der Waals surface area contributed by atoms with Gasteiger partial charge < -0.3 is 5.32 Å². The van der Waals surface area contributed by atoms with Crippen LogP contribution in [0.25, 0.3) is 0 Å². The Hall–Kier alpha value is -0.220. The smallest absolute Gasteiger partial charge is 0.183 e. The Balaban J connectivity index is 2.70. The molecule has 4 heteroatoms. The van der Waals surface area contributed by atoms with Gasteiger partial charge in [-0.15, -0.1) is 11.8 Å². The summed E-state index contributed by atoms with van der Waals surface area (Å²) >= 11 is 3.67. The van der Waals surface area contributed by atoms with Crippen molar-refractivity contribution in [3.05, 3.63) is 5.69 Å². The monoisotopic (exact) mass is 216 g/mol. The second kappa shape index (κ2) is 4.86. The van der Waals surface area contributed by atoms with Gasteiger partial charge in [-0.2, -0.15) is 0 Å². The molecule has 0 aliphatic rings. The van der Waals surface area contributed by atoms with Gasteiger partial charge in [0.2, 0.25) is 0 Å². The first kappa shape index (κ1) is 10.9. The van der Waals surface area contributed by atoms with Gasteiger partial charge in [-0.05, 0) is 13.3 Å². The summed E-state index contributed by atoms with van der Waals surface area (Å²) in [6.45, 7) is 6.54. The van der Waals surface area contributed by atoms with E-state index >= 15 is 0 Å². The minimum Gasteiger partial charge on any atom is -0.365 e. The summed E-state index contributed by atoms with van der Waals surface area (Å²) in [4.78, 5) is 4.40. The van der Waals surface area contributed by atoms with E-state index in [0.29, 0.717) is 5.25 Å². The summed E-state index contributed by atoms with van der Waals surface area (Å²) < 4.78 is 1.35. The maximum atomic E-state index is 4.40. The Bertz CT molecular complexity index is 271. The Morgan fingerprint density at radius 1 is 1.62 bits per heavy atom. The van der Waals surface area contributed by atoms with Crippen LogP contribution in [0, 0.1) is 6.92 Å². The molecule has 0 fully saturated rings. The topological polar surface area (TPSA) is 24.9 Å². The normalized spacial score (nSPS) is 12.9. The number of aryl methyl sites for hydroxylation is 1. The van der Waals surface area contributed by atoms with Crippen molar-refractivity contribution in [2.24, 2.45) is 0 Å². The average molecular weight is 216 g/mol. The summed E-state index contributed by atoms with van der Waals surface area (Å²) in [6, 6.07) is 0. The highest BCUT2D eigenvalue weighted by Crippen LogP contribution is 2.35. The molecule has 1 aromatic heterocycles. The minimum absolute atomic E-state index is 0.684. The van der Waals surface area contributed by atoms with Crippen LogP contribution in [0.2, 0.25) is 0 Å². The number of rotatable bonds is 4. The summed E-state index contributed by atoms with van der Waals surface area (Å²) in [7, 11) is 1.91. The van der Waals surface area contributed by atoms with Crippen molar-refractivity contribution in [3.8, 4) is 0 Å². The van der Waals surface area contributed by atoms with Gasteiger partial charge in [0, 0.05) is 12.3 Å². The van der Waals surface area contributed by atoms with Crippen molar-refractivity contribution in [3.63, 3.8) is 0 Å². The number of nitrogens with one attached hydrogen (secondary N) is 1. The molecule has 0 amide bonds. The van der Waals surface area contributed by atoms with E-state index in [4.69, 9.17) is 0 Å². The van der Waals surface area contributed by atoms with Crippen molar-refractivity contribution in [2.45, 2.75) is 36.7 Å². The number of thiazole rings is 1. The molecule has 0 saturated heterocycles. The molecule has 1 aromatic rings. The van der Waals surface area contributed by atoms with Gasteiger partial charge in [-0.3, -0.25) is 0 Å². The van der Waals surface area contributed by atoms with Crippen LogP contribution in [0.15, 0.2) is 4.21 Å². The van der Waals surface area contributed by atoms with Crippen molar-refractivity contribution in [1.82, 2.24) is 4.98 Å². The first-order valence-corrected chi connectivity index (χ1v) is 6.18. The Morgan fingerprint density at radius 3 is 2.77 bits per heavy atom. The second-order valence-corrected chi connectivity index (χ2v) is 5.68. The lowest BCUT2D eigenvalue weighted by Gasteiger charge is -2.05. The van der Waals surface area contributed by atoms with Crippen LogP contribution in [-0.4, -0.2) is 17.3 Å². The van der Waals surface area contributed by atoms with E-state index in [-0.39, 0.29) is 0 Å². The van der Waals surface area contributed by atoms with Crippen LogP contribution >= 0.6 is 23.1 Å². The molecule has 0 saturated carbocycles. The van der Waals surface area contributed by atoms with Crippen LogP contribution in [0.4, 0.5) is 5.13 Å². The van der Waals surface area contributed by atoms with E-state index in [1.165, 1.54) is 10.6 Å². The predicted molar refractivity (Wildman–Crippen MR) is 62.0 cm³/mol. The van der Waals surface area contributed by atoms with Gasteiger partial charge >= 0.3 is 0 Å². The van der Waals surface area contributed by atoms with E-state index in [2.05, 4.69) is 31.1 Å².